The number of ether oxygens (including phenoxy) is 1. The van der Waals surface area contributed by atoms with Gasteiger partial charge in [-0.1, -0.05) is 12.1 Å². The third-order valence-electron chi connectivity index (χ3n) is 5.14. The number of nitrogens with one attached hydrogen (secondary N) is 2. The van der Waals surface area contributed by atoms with Crippen LogP contribution in [0.2, 0.25) is 0 Å². The van der Waals surface area contributed by atoms with E-state index < -0.39 is 0 Å². The van der Waals surface area contributed by atoms with Crippen LogP contribution in [-0.4, -0.2) is 42.1 Å². The summed E-state index contributed by atoms with van der Waals surface area (Å²) in [6.07, 6.45) is 7.12. The van der Waals surface area contributed by atoms with Gasteiger partial charge in [0.05, 0.1) is 11.8 Å². The fourth-order valence-electron chi connectivity index (χ4n) is 3.30. The van der Waals surface area contributed by atoms with Crippen LogP contribution in [-0.2, 0) is 4.74 Å². The standard InChI is InChI=1S/C22H25N3O3/c26-21(24-14-19-3-1-2-12-28-19)16-6-4-15(5-7-16)20-13-17(10-11-23-20)22(27)25-18-8-9-18/h4-7,10-11,13,18-19H,1-3,8-9,12,14H2,(H,24,26)(H,25,27)/t19-/m0/s1. The number of hydrogen-bond donors (Lipinski definition) is 2. The average molecular weight is 379 g/mol. The van der Waals surface area contributed by atoms with E-state index in [1.807, 2.05) is 12.1 Å². The van der Waals surface area contributed by atoms with E-state index in [0.29, 0.717) is 29.4 Å². The first-order valence-electron chi connectivity index (χ1n) is 9.96. The van der Waals surface area contributed by atoms with Crippen molar-refractivity contribution in [2.24, 2.45) is 0 Å². The van der Waals surface area contributed by atoms with Crippen LogP contribution in [0, 0.1) is 0 Å². The molecule has 0 unspecified atom stereocenters. The molecule has 1 atom stereocenters. The Morgan fingerprint density at radius 1 is 1.00 bits per heavy atom. The average Bonchev–Trinajstić information content (AvgIpc) is 3.57. The monoisotopic (exact) mass is 379 g/mol. The number of hydrogen-bond acceptors (Lipinski definition) is 4. The molecule has 4 rings (SSSR count). The lowest BCUT2D eigenvalue weighted by molar-refractivity contribution is 0.0169. The Morgan fingerprint density at radius 2 is 1.82 bits per heavy atom. The molecule has 0 spiro atoms. The van der Waals surface area contributed by atoms with Crippen LogP contribution in [0.25, 0.3) is 11.3 Å². The number of amides is 2. The summed E-state index contributed by atoms with van der Waals surface area (Å²) in [6, 6.07) is 11.1. The number of nitrogens with zero attached hydrogens (tertiary/aromatic N) is 1. The Hall–Kier alpha value is -2.73. The van der Waals surface area contributed by atoms with Crippen molar-refractivity contribution in [3.05, 3.63) is 53.7 Å². The maximum absolute atomic E-state index is 12.4. The summed E-state index contributed by atoms with van der Waals surface area (Å²) >= 11 is 0. The zero-order valence-electron chi connectivity index (χ0n) is 15.8. The van der Waals surface area contributed by atoms with E-state index in [4.69, 9.17) is 4.74 Å². The largest absolute Gasteiger partial charge is 0.376 e. The highest BCUT2D eigenvalue weighted by Gasteiger charge is 2.24. The van der Waals surface area contributed by atoms with E-state index in [2.05, 4.69) is 15.6 Å². The van der Waals surface area contributed by atoms with Gasteiger partial charge in [0, 0.05) is 42.1 Å². The summed E-state index contributed by atoms with van der Waals surface area (Å²) in [5.74, 6) is -0.168. The highest BCUT2D eigenvalue weighted by molar-refractivity contribution is 5.96. The van der Waals surface area contributed by atoms with Gasteiger partial charge in [0.15, 0.2) is 0 Å². The van der Waals surface area contributed by atoms with Crippen molar-refractivity contribution in [2.75, 3.05) is 13.2 Å². The smallest absolute Gasteiger partial charge is 0.251 e. The second kappa shape index (κ2) is 8.52. The molecule has 2 heterocycles. The van der Waals surface area contributed by atoms with E-state index in [0.717, 1.165) is 44.3 Å². The number of pyridine rings is 1. The van der Waals surface area contributed by atoms with Crippen molar-refractivity contribution < 1.29 is 14.3 Å². The first-order valence-corrected chi connectivity index (χ1v) is 9.96. The van der Waals surface area contributed by atoms with Crippen LogP contribution in [0.3, 0.4) is 0 Å². The van der Waals surface area contributed by atoms with Gasteiger partial charge in [-0.3, -0.25) is 14.6 Å². The Labute approximate surface area is 164 Å². The summed E-state index contributed by atoms with van der Waals surface area (Å²) in [5.41, 5.74) is 2.78. The van der Waals surface area contributed by atoms with E-state index in [-0.39, 0.29) is 17.9 Å². The topological polar surface area (TPSA) is 80.3 Å². The lowest BCUT2D eigenvalue weighted by Gasteiger charge is -2.22. The van der Waals surface area contributed by atoms with E-state index in [9.17, 15) is 9.59 Å². The Balaban J connectivity index is 1.38. The fourth-order valence-corrected chi connectivity index (χ4v) is 3.30. The van der Waals surface area contributed by atoms with Crippen LogP contribution in [0.1, 0.15) is 52.8 Å². The van der Waals surface area contributed by atoms with Crippen LogP contribution in [0.4, 0.5) is 0 Å². The molecule has 2 fully saturated rings. The van der Waals surface area contributed by atoms with Crippen LogP contribution in [0.5, 0.6) is 0 Å². The molecule has 0 bridgehead atoms. The number of carbonyl (C=O) groups is 2. The number of carbonyl (C=O) groups excluding carboxylic acids is 2. The lowest BCUT2D eigenvalue weighted by atomic mass is 10.1. The van der Waals surface area contributed by atoms with Gasteiger partial charge in [0.25, 0.3) is 11.8 Å². The van der Waals surface area contributed by atoms with E-state index in [1.165, 1.54) is 0 Å². The second-order valence-corrected chi connectivity index (χ2v) is 7.45. The molecule has 2 amide bonds. The van der Waals surface area contributed by atoms with Gasteiger partial charge in [-0.15, -0.1) is 0 Å². The van der Waals surface area contributed by atoms with Crippen molar-refractivity contribution in [3.8, 4) is 11.3 Å². The molecule has 1 saturated heterocycles. The van der Waals surface area contributed by atoms with Crippen molar-refractivity contribution in [1.29, 1.82) is 0 Å². The van der Waals surface area contributed by atoms with Crippen molar-refractivity contribution in [2.45, 2.75) is 44.2 Å². The summed E-state index contributed by atoms with van der Waals surface area (Å²) in [5, 5.41) is 5.93. The molecule has 1 aliphatic carbocycles. The minimum atomic E-state index is -0.105. The second-order valence-electron chi connectivity index (χ2n) is 7.45. The molecule has 1 aromatic carbocycles. The van der Waals surface area contributed by atoms with E-state index in [1.54, 1.807) is 30.5 Å². The zero-order chi connectivity index (χ0) is 19.3. The SMILES string of the molecule is O=C(NC[C@@H]1CCCCO1)c1ccc(-c2cc(C(=O)NC3CC3)ccn2)cc1. The predicted octanol–water partition coefficient (Wildman–Crippen LogP) is 2.94. The summed E-state index contributed by atoms with van der Waals surface area (Å²) in [4.78, 5) is 28.9. The van der Waals surface area contributed by atoms with Gasteiger partial charge in [-0.05, 0) is 56.4 Å². The molecule has 2 N–H and O–H groups in total. The molecule has 0 radical (unpaired) electrons. The highest BCUT2D eigenvalue weighted by atomic mass is 16.5. The van der Waals surface area contributed by atoms with Crippen molar-refractivity contribution >= 4 is 11.8 Å². The van der Waals surface area contributed by atoms with Gasteiger partial charge < -0.3 is 15.4 Å². The minimum absolute atomic E-state index is 0.0629. The first kappa shape index (κ1) is 18.6. The molecule has 6 nitrogen and oxygen atoms in total. The number of rotatable bonds is 6. The summed E-state index contributed by atoms with van der Waals surface area (Å²) in [6.45, 7) is 1.32. The molecular formula is C22H25N3O3. The first-order chi connectivity index (χ1) is 13.7. The normalized spacial score (nSPS) is 19.1. The molecule has 2 aliphatic rings. The molecular weight excluding hydrogens is 354 g/mol. The summed E-state index contributed by atoms with van der Waals surface area (Å²) in [7, 11) is 0. The van der Waals surface area contributed by atoms with E-state index >= 15 is 0 Å². The van der Waals surface area contributed by atoms with Crippen LogP contribution >= 0.6 is 0 Å². The molecule has 146 valence electrons. The third-order valence-corrected chi connectivity index (χ3v) is 5.14. The Kier molecular flexibility index (Phi) is 5.67. The van der Waals surface area contributed by atoms with Gasteiger partial charge in [-0.25, -0.2) is 0 Å². The summed E-state index contributed by atoms with van der Waals surface area (Å²) < 4.78 is 5.64. The molecule has 6 heteroatoms. The Bertz CT molecular complexity index is 840. The Morgan fingerprint density at radius 3 is 2.54 bits per heavy atom. The molecule has 28 heavy (non-hydrogen) atoms. The zero-order valence-corrected chi connectivity index (χ0v) is 15.8. The van der Waals surface area contributed by atoms with Gasteiger partial charge in [-0.2, -0.15) is 0 Å². The van der Waals surface area contributed by atoms with Crippen molar-refractivity contribution in [1.82, 2.24) is 15.6 Å². The minimum Gasteiger partial charge on any atom is -0.376 e. The quantitative estimate of drug-likeness (QED) is 0.809. The lowest BCUT2D eigenvalue weighted by Crippen LogP contribution is -2.35. The molecule has 1 aliphatic heterocycles. The number of benzene rings is 1. The fraction of sp³-hybridized carbons (Fsp3) is 0.409. The predicted molar refractivity (Wildman–Crippen MR) is 106 cm³/mol. The number of aromatic nitrogens is 1. The van der Waals surface area contributed by atoms with Crippen LogP contribution < -0.4 is 10.6 Å². The van der Waals surface area contributed by atoms with Crippen molar-refractivity contribution in [3.63, 3.8) is 0 Å². The van der Waals surface area contributed by atoms with Gasteiger partial charge >= 0.3 is 0 Å². The molecule has 2 aromatic rings. The third kappa shape index (κ3) is 4.75. The van der Waals surface area contributed by atoms with Gasteiger partial charge in [0.2, 0.25) is 0 Å². The molecule has 1 aromatic heterocycles. The highest BCUT2D eigenvalue weighted by Crippen LogP contribution is 2.21. The maximum atomic E-state index is 12.4. The molecule has 1 saturated carbocycles. The van der Waals surface area contributed by atoms with Crippen LogP contribution in [0.15, 0.2) is 42.6 Å². The maximum Gasteiger partial charge on any atom is 0.251 e. The van der Waals surface area contributed by atoms with Gasteiger partial charge in [0.1, 0.15) is 0 Å².